The fourth-order valence-electron chi connectivity index (χ4n) is 1.88. The number of pyridine rings is 1. The third-order valence-electron chi connectivity index (χ3n) is 3.94. The topological polar surface area (TPSA) is 51.7 Å². The molecule has 0 radical (unpaired) electrons. The van der Waals surface area contributed by atoms with Gasteiger partial charge in [-0.2, -0.15) is 0 Å². The second kappa shape index (κ2) is 4.86. The van der Waals surface area contributed by atoms with Crippen LogP contribution in [-0.2, 0) is 9.31 Å². The molecule has 1 saturated heterocycles. The van der Waals surface area contributed by atoms with Gasteiger partial charge in [0.1, 0.15) is 5.69 Å². The van der Waals surface area contributed by atoms with Crippen molar-refractivity contribution in [1.29, 1.82) is 0 Å². The van der Waals surface area contributed by atoms with Gasteiger partial charge in [0.25, 0.3) is 5.91 Å². The summed E-state index contributed by atoms with van der Waals surface area (Å²) in [5.74, 6) is -0.120. The van der Waals surface area contributed by atoms with Crippen LogP contribution < -0.4 is 5.46 Å². The van der Waals surface area contributed by atoms with Crippen LogP contribution in [0, 0.1) is 0 Å². The highest BCUT2D eigenvalue weighted by Gasteiger charge is 2.51. The molecule has 6 heteroatoms. The predicted molar refractivity (Wildman–Crippen MR) is 78.0 cm³/mol. The van der Waals surface area contributed by atoms with Crippen molar-refractivity contribution in [3.8, 4) is 0 Å². The number of carbonyl (C=O) groups is 1. The van der Waals surface area contributed by atoms with Crippen LogP contribution in [0.3, 0.4) is 0 Å². The molecule has 20 heavy (non-hydrogen) atoms. The van der Waals surface area contributed by atoms with Crippen molar-refractivity contribution in [3.63, 3.8) is 0 Å². The van der Waals surface area contributed by atoms with Gasteiger partial charge in [0.15, 0.2) is 0 Å². The number of carbonyl (C=O) groups excluding carboxylic acids is 1. The van der Waals surface area contributed by atoms with E-state index in [-0.39, 0.29) is 17.1 Å². The van der Waals surface area contributed by atoms with Crippen LogP contribution in [0.25, 0.3) is 0 Å². The Morgan fingerprint density at radius 2 is 1.70 bits per heavy atom. The molecule has 1 aromatic rings. The number of aromatic nitrogens is 1. The summed E-state index contributed by atoms with van der Waals surface area (Å²) in [6.07, 6.45) is 1.64. The summed E-state index contributed by atoms with van der Waals surface area (Å²) >= 11 is 0. The van der Waals surface area contributed by atoms with Gasteiger partial charge in [-0.15, -0.1) is 0 Å². The van der Waals surface area contributed by atoms with Crippen molar-refractivity contribution in [1.82, 2.24) is 9.88 Å². The maximum absolute atomic E-state index is 11.8. The molecule has 2 heterocycles. The molecular weight excluding hydrogens is 255 g/mol. The minimum Gasteiger partial charge on any atom is -0.399 e. The summed E-state index contributed by atoms with van der Waals surface area (Å²) in [6, 6.07) is 3.52. The Labute approximate surface area is 120 Å². The van der Waals surface area contributed by atoms with Gasteiger partial charge in [-0.3, -0.25) is 9.78 Å². The van der Waals surface area contributed by atoms with Crippen molar-refractivity contribution in [2.45, 2.75) is 38.9 Å². The number of amides is 1. The van der Waals surface area contributed by atoms with E-state index in [4.69, 9.17) is 9.31 Å². The molecule has 0 atom stereocenters. The van der Waals surface area contributed by atoms with Gasteiger partial charge in [-0.1, -0.05) is 6.07 Å². The van der Waals surface area contributed by atoms with E-state index < -0.39 is 7.12 Å². The highest BCUT2D eigenvalue weighted by atomic mass is 16.7. The zero-order valence-electron chi connectivity index (χ0n) is 12.9. The predicted octanol–water partition coefficient (Wildman–Crippen LogP) is 1.08. The Hall–Kier alpha value is -1.40. The van der Waals surface area contributed by atoms with E-state index in [9.17, 15) is 4.79 Å². The summed E-state index contributed by atoms with van der Waals surface area (Å²) in [6.45, 7) is 8.02. The third-order valence-corrected chi connectivity index (χ3v) is 3.94. The SMILES string of the molecule is CN(C)C(=O)c1ccc(B2OC(C)(C)C(C)(C)O2)cn1. The maximum atomic E-state index is 11.8. The molecule has 0 unspecified atom stereocenters. The lowest BCUT2D eigenvalue weighted by atomic mass is 9.80. The third kappa shape index (κ3) is 2.58. The number of nitrogens with zero attached hydrogens (tertiary/aromatic N) is 2. The lowest BCUT2D eigenvalue weighted by molar-refractivity contribution is 0.00578. The normalized spacial score (nSPS) is 20.0. The first-order valence-corrected chi connectivity index (χ1v) is 6.67. The van der Waals surface area contributed by atoms with Crippen molar-refractivity contribution in [2.24, 2.45) is 0 Å². The molecule has 0 aliphatic carbocycles. The lowest BCUT2D eigenvalue weighted by Gasteiger charge is -2.32. The average molecular weight is 276 g/mol. The molecule has 1 amide bonds. The molecule has 1 aliphatic heterocycles. The molecule has 5 nitrogen and oxygen atoms in total. The van der Waals surface area contributed by atoms with Gasteiger partial charge in [0.05, 0.1) is 11.2 Å². The van der Waals surface area contributed by atoms with Crippen molar-refractivity contribution in [3.05, 3.63) is 24.0 Å². The minimum atomic E-state index is -0.448. The molecule has 1 aliphatic rings. The summed E-state index contributed by atoms with van der Waals surface area (Å²) < 4.78 is 11.9. The van der Waals surface area contributed by atoms with Crippen LogP contribution in [0.5, 0.6) is 0 Å². The second-order valence-corrected chi connectivity index (χ2v) is 6.26. The summed E-state index contributed by atoms with van der Waals surface area (Å²) in [5.41, 5.74) is 0.472. The maximum Gasteiger partial charge on any atom is 0.496 e. The molecule has 2 rings (SSSR count). The van der Waals surface area contributed by atoms with Crippen LogP contribution in [0.15, 0.2) is 18.3 Å². The molecule has 0 N–H and O–H groups in total. The first kappa shape index (κ1) is 15.0. The summed E-state index contributed by atoms with van der Waals surface area (Å²) in [5, 5.41) is 0. The van der Waals surface area contributed by atoms with Crippen LogP contribution >= 0.6 is 0 Å². The van der Waals surface area contributed by atoms with Gasteiger partial charge in [-0.05, 0) is 33.8 Å². The van der Waals surface area contributed by atoms with E-state index in [0.717, 1.165) is 5.46 Å². The van der Waals surface area contributed by atoms with Crippen molar-refractivity contribution >= 4 is 18.5 Å². The van der Waals surface area contributed by atoms with E-state index in [1.54, 1.807) is 26.4 Å². The molecular formula is C14H21BN2O3. The summed E-state index contributed by atoms with van der Waals surface area (Å²) in [7, 11) is 2.95. The molecule has 0 bridgehead atoms. The van der Waals surface area contributed by atoms with Crippen LogP contribution in [0.1, 0.15) is 38.2 Å². The van der Waals surface area contributed by atoms with Crippen LogP contribution in [0.4, 0.5) is 0 Å². The average Bonchev–Trinajstić information content (AvgIpc) is 2.57. The largest absolute Gasteiger partial charge is 0.496 e. The van der Waals surface area contributed by atoms with E-state index in [0.29, 0.717) is 5.69 Å². The van der Waals surface area contributed by atoms with Gasteiger partial charge in [0, 0.05) is 25.8 Å². The zero-order valence-corrected chi connectivity index (χ0v) is 12.9. The number of rotatable bonds is 2. The van der Waals surface area contributed by atoms with Crippen molar-refractivity contribution in [2.75, 3.05) is 14.1 Å². The summed E-state index contributed by atoms with van der Waals surface area (Å²) in [4.78, 5) is 17.5. The highest BCUT2D eigenvalue weighted by Crippen LogP contribution is 2.36. The first-order chi connectivity index (χ1) is 9.14. The van der Waals surface area contributed by atoms with E-state index >= 15 is 0 Å². The molecule has 0 spiro atoms. The first-order valence-electron chi connectivity index (χ1n) is 6.67. The zero-order chi connectivity index (χ0) is 15.1. The van der Waals surface area contributed by atoms with Gasteiger partial charge in [0.2, 0.25) is 0 Å². The standard InChI is InChI=1S/C14H21BN2O3/c1-13(2)14(3,4)20-15(19-13)10-7-8-11(16-9-10)12(18)17(5)6/h7-9H,1-6H3. The number of hydrogen-bond acceptors (Lipinski definition) is 4. The van der Waals surface area contributed by atoms with E-state index in [1.165, 1.54) is 4.90 Å². The monoisotopic (exact) mass is 276 g/mol. The fraction of sp³-hybridized carbons (Fsp3) is 0.571. The Morgan fingerprint density at radius 3 is 2.10 bits per heavy atom. The molecule has 0 aromatic carbocycles. The Kier molecular flexibility index (Phi) is 3.65. The molecule has 1 fully saturated rings. The van der Waals surface area contributed by atoms with Crippen LogP contribution in [0.2, 0.25) is 0 Å². The van der Waals surface area contributed by atoms with Crippen LogP contribution in [-0.4, -0.2) is 48.2 Å². The molecule has 0 saturated carbocycles. The van der Waals surface area contributed by atoms with E-state index in [1.807, 2.05) is 33.8 Å². The Balaban J connectivity index is 2.18. The second-order valence-electron chi connectivity index (χ2n) is 6.26. The van der Waals surface area contributed by atoms with Gasteiger partial charge >= 0.3 is 7.12 Å². The van der Waals surface area contributed by atoms with Crippen molar-refractivity contribution < 1.29 is 14.1 Å². The Bertz CT molecular complexity index is 496. The molecule has 108 valence electrons. The fourth-order valence-corrected chi connectivity index (χ4v) is 1.88. The Morgan fingerprint density at radius 1 is 1.15 bits per heavy atom. The quantitative estimate of drug-likeness (QED) is 0.758. The smallest absolute Gasteiger partial charge is 0.399 e. The minimum absolute atomic E-state index is 0.120. The van der Waals surface area contributed by atoms with Gasteiger partial charge in [-0.25, -0.2) is 0 Å². The molecule has 1 aromatic heterocycles. The van der Waals surface area contributed by atoms with Gasteiger partial charge < -0.3 is 14.2 Å². The highest BCUT2D eigenvalue weighted by molar-refractivity contribution is 6.62. The number of hydrogen-bond donors (Lipinski definition) is 0. The lowest BCUT2D eigenvalue weighted by Crippen LogP contribution is -2.41. The van der Waals surface area contributed by atoms with E-state index in [2.05, 4.69) is 4.98 Å².